The van der Waals surface area contributed by atoms with Gasteiger partial charge in [-0.15, -0.1) is 0 Å². The molecule has 5 heteroatoms. The zero-order valence-corrected chi connectivity index (χ0v) is 12.8. The molecule has 1 aliphatic rings. The van der Waals surface area contributed by atoms with Crippen LogP contribution >= 0.6 is 0 Å². The summed E-state index contributed by atoms with van der Waals surface area (Å²) in [5, 5.41) is 7.68. The SMILES string of the molecule is Cc1cnn(C(C)CNc2nccc(C3CCCC3)n2)c1. The first kappa shape index (κ1) is 14.0. The number of hydrogen-bond acceptors (Lipinski definition) is 4. The molecule has 1 aliphatic carbocycles. The van der Waals surface area contributed by atoms with Crippen LogP contribution in [-0.4, -0.2) is 26.3 Å². The molecule has 2 aromatic heterocycles. The molecule has 1 unspecified atom stereocenters. The molecular weight excluding hydrogens is 262 g/mol. The van der Waals surface area contributed by atoms with Crippen molar-refractivity contribution in [1.82, 2.24) is 19.7 Å². The highest BCUT2D eigenvalue weighted by atomic mass is 15.3. The fourth-order valence-electron chi connectivity index (χ4n) is 2.91. The lowest BCUT2D eigenvalue weighted by molar-refractivity contribution is 0.511. The third-order valence-corrected chi connectivity index (χ3v) is 4.19. The highest BCUT2D eigenvalue weighted by Gasteiger charge is 2.18. The van der Waals surface area contributed by atoms with Gasteiger partial charge in [0.25, 0.3) is 0 Å². The minimum atomic E-state index is 0.275. The van der Waals surface area contributed by atoms with Gasteiger partial charge in [0.2, 0.25) is 5.95 Å². The van der Waals surface area contributed by atoms with Crippen LogP contribution < -0.4 is 5.32 Å². The van der Waals surface area contributed by atoms with Gasteiger partial charge in [-0.05, 0) is 38.3 Å². The lowest BCUT2D eigenvalue weighted by Gasteiger charge is -2.14. The Morgan fingerprint density at radius 1 is 1.38 bits per heavy atom. The molecule has 0 aromatic carbocycles. The number of aryl methyl sites for hydroxylation is 1. The second kappa shape index (κ2) is 6.24. The van der Waals surface area contributed by atoms with Gasteiger partial charge in [-0.2, -0.15) is 5.10 Å². The van der Waals surface area contributed by atoms with E-state index in [0.29, 0.717) is 5.92 Å². The number of anilines is 1. The second-order valence-corrected chi connectivity index (χ2v) is 6.01. The van der Waals surface area contributed by atoms with Crippen molar-refractivity contribution >= 4 is 5.95 Å². The van der Waals surface area contributed by atoms with Gasteiger partial charge >= 0.3 is 0 Å². The second-order valence-electron chi connectivity index (χ2n) is 6.01. The van der Waals surface area contributed by atoms with Gasteiger partial charge in [-0.3, -0.25) is 4.68 Å². The molecule has 1 atom stereocenters. The Bertz CT molecular complexity index is 586. The summed E-state index contributed by atoms with van der Waals surface area (Å²) in [5.74, 6) is 1.36. The van der Waals surface area contributed by atoms with Crippen LogP contribution in [0, 0.1) is 6.92 Å². The quantitative estimate of drug-likeness (QED) is 0.915. The average molecular weight is 285 g/mol. The van der Waals surface area contributed by atoms with Crippen molar-refractivity contribution in [3.8, 4) is 0 Å². The predicted octanol–water partition coefficient (Wildman–Crippen LogP) is 3.31. The smallest absolute Gasteiger partial charge is 0.222 e. The van der Waals surface area contributed by atoms with Crippen LogP contribution in [0.15, 0.2) is 24.7 Å². The zero-order valence-electron chi connectivity index (χ0n) is 12.8. The van der Waals surface area contributed by atoms with E-state index in [-0.39, 0.29) is 6.04 Å². The summed E-state index contributed by atoms with van der Waals surface area (Å²) in [6.45, 7) is 4.97. The third-order valence-electron chi connectivity index (χ3n) is 4.19. The van der Waals surface area contributed by atoms with E-state index in [9.17, 15) is 0 Å². The van der Waals surface area contributed by atoms with Crippen LogP contribution in [0.1, 0.15) is 55.8 Å². The number of aromatic nitrogens is 4. The van der Waals surface area contributed by atoms with Crippen LogP contribution in [-0.2, 0) is 0 Å². The van der Waals surface area contributed by atoms with E-state index in [1.54, 1.807) is 0 Å². The molecule has 112 valence electrons. The van der Waals surface area contributed by atoms with E-state index in [2.05, 4.69) is 46.5 Å². The summed E-state index contributed by atoms with van der Waals surface area (Å²) in [6, 6.07) is 2.33. The Labute approximate surface area is 125 Å². The maximum absolute atomic E-state index is 4.67. The molecular formula is C16H23N5. The lowest BCUT2D eigenvalue weighted by atomic mass is 10.0. The van der Waals surface area contributed by atoms with E-state index in [1.165, 1.54) is 36.9 Å². The Hall–Kier alpha value is -1.91. The maximum Gasteiger partial charge on any atom is 0.222 e. The molecule has 0 amide bonds. The molecule has 0 spiro atoms. The highest BCUT2D eigenvalue weighted by Crippen LogP contribution is 2.32. The van der Waals surface area contributed by atoms with Crippen LogP contribution in [0.4, 0.5) is 5.95 Å². The van der Waals surface area contributed by atoms with Gasteiger partial charge in [0, 0.05) is 30.6 Å². The van der Waals surface area contributed by atoms with E-state index < -0.39 is 0 Å². The van der Waals surface area contributed by atoms with Gasteiger partial charge in [0.1, 0.15) is 0 Å². The normalized spacial score (nSPS) is 17.0. The number of hydrogen-bond donors (Lipinski definition) is 1. The van der Waals surface area contributed by atoms with Gasteiger partial charge in [0.05, 0.1) is 12.2 Å². The summed E-state index contributed by atoms with van der Waals surface area (Å²) < 4.78 is 1.98. The minimum Gasteiger partial charge on any atom is -0.352 e. The van der Waals surface area contributed by atoms with E-state index >= 15 is 0 Å². The summed E-state index contributed by atoms with van der Waals surface area (Å²) >= 11 is 0. The van der Waals surface area contributed by atoms with Crippen molar-refractivity contribution in [2.24, 2.45) is 0 Å². The molecule has 21 heavy (non-hydrogen) atoms. The topological polar surface area (TPSA) is 55.6 Å². The molecule has 1 N–H and O–H groups in total. The monoisotopic (exact) mass is 285 g/mol. The average Bonchev–Trinajstić information content (AvgIpc) is 3.16. The number of nitrogens with zero attached hydrogens (tertiary/aromatic N) is 4. The summed E-state index contributed by atoms with van der Waals surface area (Å²) in [7, 11) is 0. The fourth-order valence-corrected chi connectivity index (χ4v) is 2.91. The van der Waals surface area contributed by atoms with Crippen molar-refractivity contribution in [1.29, 1.82) is 0 Å². The molecule has 5 nitrogen and oxygen atoms in total. The molecule has 3 rings (SSSR count). The highest BCUT2D eigenvalue weighted by molar-refractivity contribution is 5.26. The Kier molecular flexibility index (Phi) is 4.18. The van der Waals surface area contributed by atoms with Crippen LogP contribution in [0.2, 0.25) is 0 Å². The Morgan fingerprint density at radius 2 is 2.19 bits per heavy atom. The van der Waals surface area contributed by atoms with E-state index in [4.69, 9.17) is 0 Å². The molecule has 1 saturated carbocycles. The Balaban J connectivity index is 1.61. The molecule has 2 aromatic rings. The van der Waals surface area contributed by atoms with Crippen molar-refractivity contribution in [3.05, 3.63) is 35.9 Å². The standard InChI is InChI=1S/C16H23N5/c1-12-9-19-21(11-12)13(2)10-18-16-17-8-7-15(20-16)14-5-3-4-6-14/h7-9,11,13-14H,3-6,10H2,1-2H3,(H,17,18,20). The molecule has 0 radical (unpaired) electrons. The first-order valence-electron chi connectivity index (χ1n) is 7.80. The predicted molar refractivity (Wildman–Crippen MR) is 83.4 cm³/mol. The first-order valence-corrected chi connectivity index (χ1v) is 7.80. The molecule has 1 fully saturated rings. The number of rotatable bonds is 5. The molecule has 0 aliphatic heterocycles. The van der Waals surface area contributed by atoms with Crippen molar-refractivity contribution in [3.63, 3.8) is 0 Å². The van der Waals surface area contributed by atoms with Gasteiger partial charge in [0.15, 0.2) is 0 Å². The van der Waals surface area contributed by atoms with Crippen LogP contribution in [0.25, 0.3) is 0 Å². The first-order chi connectivity index (χ1) is 10.2. The molecule has 0 saturated heterocycles. The minimum absolute atomic E-state index is 0.275. The fraction of sp³-hybridized carbons (Fsp3) is 0.562. The summed E-state index contributed by atoms with van der Waals surface area (Å²) in [4.78, 5) is 9.00. The molecule has 2 heterocycles. The van der Waals surface area contributed by atoms with E-state index in [1.807, 2.05) is 17.1 Å². The summed E-state index contributed by atoms with van der Waals surface area (Å²) in [6.07, 6.45) is 11.0. The largest absolute Gasteiger partial charge is 0.352 e. The van der Waals surface area contributed by atoms with Crippen LogP contribution in [0.5, 0.6) is 0 Å². The van der Waals surface area contributed by atoms with Crippen molar-refractivity contribution in [2.45, 2.75) is 51.5 Å². The maximum atomic E-state index is 4.67. The van der Waals surface area contributed by atoms with Gasteiger partial charge < -0.3 is 5.32 Å². The van der Waals surface area contributed by atoms with Gasteiger partial charge in [-0.1, -0.05) is 12.8 Å². The van der Waals surface area contributed by atoms with Crippen molar-refractivity contribution < 1.29 is 0 Å². The van der Waals surface area contributed by atoms with Crippen LogP contribution in [0.3, 0.4) is 0 Å². The van der Waals surface area contributed by atoms with Crippen molar-refractivity contribution in [2.75, 3.05) is 11.9 Å². The Morgan fingerprint density at radius 3 is 2.90 bits per heavy atom. The van der Waals surface area contributed by atoms with Gasteiger partial charge in [-0.25, -0.2) is 9.97 Å². The molecule has 0 bridgehead atoms. The van der Waals surface area contributed by atoms with E-state index in [0.717, 1.165) is 12.5 Å². The summed E-state index contributed by atoms with van der Waals surface area (Å²) in [5.41, 5.74) is 2.37. The third kappa shape index (κ3) is 3.40. The lowest BCUT2D eigenvalue weighted by Crippen LogP contribution is -2.18. The number of nitrogens with one attached hydrogen (secondary N) is 1. The zero-order chi connectivity index (χ0) is 14.7.